The van der Waals surface area contributed by atoms with E-state index in [1.165, 1.54) is 5.52 Å². The Hall–Kier alpha value is -1.39. The molecule has 0 aliphatic heterocycles. The number of imidazole rings is 1. The first-order chi connectivity index (χ1) is 9.22. The Balaban J connectivity index is 2.19. The third-order valence-electron chi connectivity index (χ3n) is 3.09. The molecular weight excluding hydrogens is 238 g/mol. The summed E-state index contributed by atoms with van der Waals surface area (Å²) >= 11 is 0. The van der Waals surface area contributed by atoms with Crippen molar-refractivity contribution in [3.05, 3.63) is 30.1 Å². The van der Waals surface area contributed by atoms with E-state index in [4.69, 9.17) is 9.72 Å². The molecule has 4 heteroatoms. The molecule has 0 atom stereocenters. The molecule has 1 N–H and O–H groups in total. The van der Waals surface area contributed by atoms with Crippen LogP contribution < -0.4 is 5.32 Å². The highest BCUT2D eigenvalue weighted by molar-refractivity contribution is 5.75. The standard InChI is InChI=1S/C15H23N3O/c1-12(2)10-16-11-15-17-13-6-4-5-7-14(13)18(15)8-9-19-3/h4-7,12,16H,8-11H2,1-3H3. The zero-order chi connectivity index (χ0) is 13.7. The number of methoxy groups -OCH3 is 1. The summed E-state index contributed by atoms with van der Waals surface area (Å²) in [6.45, 7) is 7.78. The quantitative estimate of drug-likeness (QED) is 0.832. The van der Waals surface area contributed by atoms with E-state index in [0.717, 1.165) is 31.0 Å². The second kappa shape index (κ2) is 6.68. The van der Waals surface area contributed by atoms with Crippen molar-refractivity contribution >= 4 is 11.0 Å². The maximum atomic E-state index is 5.19. The molecule has 0 fully saturated rings. The number of hydrogen-bond acceptors (Lipinski definition) is 3. The van der Waals surface area contributed by atoms with Crippen LogP contribution in [-0.4, -0.2) is 29.8 Å². The number of nitrogens with one attached hydrogen (secondary N) is 1. The van der Waals surface area contributed by atoms with Gasteiger partial charge in [-0.2, -0.15) is 0 Å². The average molecular weight is 261 g/mol. The molecule has 1 heterocycles. The van der Waals surface area contributed by atoms with Crippen molar-refractivity contribution < 1.29 is 4.74 Å². The fourth-order valence-corrected chi connectivity index (χ4v) is 2.17. The SMILES string of the molecule is COCCn1c(CNCC(C)C)nc2ccccc21. The molecule has 0 aliphatic carbocycles. The van der Waals surface area contributed by atoms with Crippen LogP contribution in [0.5, 0.6) is 0 Å². The summed E-state index contributed by atoms with van der Waals surface area (Å²) < 4.78 is 7.43. The number of fused-ring (bicyclic) bond motifs is 1. The number of benzene rings is 1. The highest BCUT2D eigenvalue weighted by atomic mass is 16.5. The highest BCUT2D eigenvalue weighted by Crippen LogP contribution is 2.15. The molecule has 0 aliphatic rings. The lowest BCUT2D eigenvalue weighted by Gasteiger charge is -2.10. The van der Waals surface area contributed by atoms with Crippen LogP contribution in [0.4, 0.5) is 0 Å². The Morgan fingerprint density at radius 3 is 2.84 bits per heavy atom. The Labute approximate surface area is 114 Å². The van der Waals surface area contributed by atoms with Gasteiger partial charge in [0.05, 0.1) is 24.2 Å². The third kappa shape index (κ3) is 3.55. The average Bonchev–Trinajstić information content (AvgIpc) is 2.74. The number of rotatable bonds is 7. The molecule has 0 saturated carbocycles. The van der Waals surface area contributed by atoms with Gasteiger partial charge in [-0.05, 0) is 24.6 Å². The molecule has 0 spiro atoms. The first-order valence-electron chi connectivity index (χ1n) is 6.86. The minimum Gasteiger partial charge on any atom is -0.383 e. The number of aromatic nitrogens is 2. The number of ether oxygens (including phenoxy) is 1. The van der Waals surface area contributed by atoms with Gasteiger partial charge in [-0.1, -0.05) is 26.0 Å². The predicted molar refractivity (Wildman–Crippen MR) is 78.2 cm³/mol. The van der Waals surface area contributed by atoms with Gasteiger partial charge in [0.25, 0.3) is 0 Å². The van der Waals surface area contributed by atoms with Crippen molar-refractivity contribution in [1.29, 1.82) is 0 Å². The molecule has 0 amide bonds. The summed E-state index contributed by atoms with van der Waals surface area (Å²) in [4.78, 5) is 4.71. The third-order valence-corrected chi connectivity index (χ3v) is 3.09. The van der Waals surface area contributed by atoms with Gasteiger partial charge in [0.15, 0.2) is 0 Å². The number of para-hydroxylation sites is 2. The fourth-order valence-electron chi connectivity index (χ4n) is 2.17. The lowest BCUT2D eigenvalue weighted by Crippen LogP contribution is -2.22. The van der Waals surface area contributed by atoms with E-state index in [-0.39, 0.29) is 0 Å². The van der Waals surface area contributed by atoms with Crippen LogP contribution in [0.2, 0.25) is 0 Å². The van der Waals surface area contributed by atoms with Crippen molar-refractivity contribution in [2.75, 3.05) is 20.3 Å². The van der Waals surface area contributed by atoms with Gasteiger partial charge in [0, 0.05) is 13.7 Å². The zero-order valence-electron chi connectivity index (χ0n) is 12.0. The molecule has 4 nitrogen and oxygen atoms in total. The Kier molecular flexibility index (Phi) is 4.93. The van der Waals surface area contributed by atoms with Crippen LogP contribution in [0.25, 0.3) is 11.0 Å². The monoisotopic (exact) mass is 261 g/mol. The van der Waals surface area contributed by atoms with Gasteiger partial charge in [0.1, 0.15) is 5.82 Å². The zero-order valence-corrected chi connectivity index (χ0v) is 12.0. The lowest BCUT2D eigenvalue weighted by atomic mass is 10.2. The summed E-state index contributed by atoms with van der Waals surface area (Å²) in [5.74, 6) is 1.73. The molecule has 2 aromatic rings. The Bertz CT molecular complexity index is 519. The van der Waals surface area contributed by atoms with Gasteiger partial charge >= 0.3 is 0 Å². The van der Waals surface area contributed by atoms with Crippen LogP contribution in [0.1, 0.15) is 19.7 Å². The minimum absolute atomic E-state index is 0.650. The van der Waals surface area contributed by atoms with Crippen molar-refractivity contribution in [2.45, 2.75) is 26.9 Å². The van der Waals surface area contributed by atoms with E-state index < -0.39 is 0 Å². The normalized spacial score (nSPS) is 11.6. The van der Waals surface area contributed by atoms with E-state index in [0.29, 0.717) is 12.5 Å². The predicted octanol–water partition coefficient (Wildman–Crippen LogP) is 2.43. The van der Waals surface area contributed by atoms with Crippen molar-refractivity contribution in [3.63, 3.8) is 0 Å². The van der Waals surface area contributed by atoms with Gasteiger partial charge < -0.3 is 14.6 Å². The molecule has 104 valence electrons. The van der Waals surface area contributed by atoms with Crippen LogP contribution in [-0.2, 0) is 17.8 Å². The van der Waals surface area contributed by atoms with Crippen LogP contribution in [0, 0.1) is 5.92 Å². The van der Waals surface area contributed by atoms with E-state index in [1.807, 2.05) is 6.07 Å². The highest BCUT2D eigenvalue weighted by Gasteiger charge is 2.09. The second-order valence-corrected chi connectivity index (χ2v) is 5.19. The smallest absolute Gasteiger partial charge is 0.123 e. The van der Waals surface area contributed by atoms with Crippen LogP contribution >= 0.6 is 0 Å². The summed E-state index contributed by atoms with van der Waals surface area (Å²) in [5, 5.41) is 3.45. The maximum Gasteiger partial charge on any atom is 0.123 e. The van der Waals surface area contributed by atoms with Crippen molar-refractivity contribution in [2.24, 2.45) is 5.92 Å². The van der Waals surface area contributed by atoms with E-state index in [9.17, 15) is 0 Å². The topological polar surface area (TPSA) is 39.1 Å². The van der Waals surface area contributed by atoms with Crippen LogP contribution in [0.15, 0.2) is 24.3 Å². The molecular formula is C15H23N3O. The van der Waals surface area contributed by atoms with E-state index in [1.54, 1.807) is 7.11 Å². The van der Waals surface area contributed by atoms with E-state index >= 15 is 0 Å². The van der Waals surface area contributed by atoms with Gasteiger partial charge in [-0.25, -0.2) is 4.98 Å². The maximum absolute atomic E-state index is 5.19. The first kappa shape index (κ1) is 14.0. The fraction of sp³-hybridized carbons (Fsp3) is 0.533. The van der Waals surface area contributed by atoms with Gasteiger partial charge in [-0.3, -0.25) is 0 Å². The summed E-state index contributed by atoms with van der Waals surface area (Å²) in [6, 6.07) is 8.26. The van der Waals surface area contributed by atoms with Gasteiger partial charge in [-0.15, -0.1) is 0 Å². The van der Waals surface area contributed by atoms with Crippen molar-refractivity contribution in [1.82, 2.24) is 14.9 Å². The number of hydrogen-bond donors (Lipinski definition) is 1. The summed E-state index contributed by atoms with van der Waals surface area (Å²) in [6.07, 6.45) is 0. The second-order valence-electron chi connectivity index (χ2n) is 5.19. The van der Waals surface area contributed by atoms with E-state index in [2.05, 4.69) is 41.9 Å². The molecule has 19 heavy (non-hydrogen) atoms. The lowest BCUT2D eigenvalue weighted by molar-refractivity contribution is 0.187. The molecule has 2 rings (SSSR count). The first-order valence-corrected chi connectivity index (χ1v) is 6.86. The number of nitrogens with zero attached hydrogens (tertiary/aromatic N) is 2. The van der Waals surface area contributed by atoms with Gasteiger partial charge in [0.2, 0.25) is 0 Å². The molecule has 0 bridgehead atoms. The summed E-state index contributed by atoms with van der Waals surface area (Å²) in [5.41, 5.74) is 2.24. The molecule has 1 aromatic heterocycles. The van der Waals surface area contributed by atoms with Crippen molar-refractivity contribution in [3.8, 4) is 0 Å². The minimum atomic E-state index is 0.650. The Morgan fingerprint density at radius 2 is 2.11 bits per heavy atom. The molecule has 0 saturated heterocycles. The molecule has 0 unspecified atom stereocenters. The molecule has 0 radical (unpaired) electrons. The Morgan fingerprint density at radius 1 is 1.32 bits per heavy atom. The molecule has 1 aromatic carbocycles. The largest absolute Gasteiger partial charge is 0.383 e. The summed E-state index contributed by atoms with van der Waals surface area (Å²) in [7, 11) is 1.73. The van der Waals surface area contributed by atoms with Crippen LogP contribution in [0.3, 0.4) is 0 Å².